The summed E-state index contributed by atoms with van der Waals surface area (Å²) in [5.41, 5.74) is 2.13. The maximum Gasteiger partial charge on any atom is 0.243 e. The van der Waals surface area contributed by atoms with Gasteiger partial charge in [-0.1, -0.05) is 48.0 Å². The van der Waals surface area contributed by atoms with E-state index in [1.54, 1.807) is 30.3 Å². The van der Waals surface area contributed by atoms with Crippen molar-refractivity contribution in [1.29, 1.82) is 0 Å². The summed E-state index contributed by atoms with van der Waals surface area (Å²) in [6.07, 6.45) is 0.171. The van der Waals surface area contributed by atoms with Gasteiger partial charge in [0.05, 0.1) is 24.8 Å². The number of rotatable bonds is 9. The summed E-state index contributed by atoms with van der Waals surface area (Å²) in [7, 11) is -0.929. The average Bonchev–Trinajstić information content (AvgIpc) is 2.79. The minimum absolute atomic E-state index is 0.0907. The number of sulfonamides is 1. The number of hydrogen-bond donors (Lipinski definition) is 2. The average molecular weight is 455 g/mol. The second-order valence-corrected chi connectivity index (χ2v) is 8.95. The molecule has 32 heavy (non-hydrogen) atoms. The lowest BCUT2D eigenvalue weighted by Gasteiger charge is -2.20. The first kappa shape index (κ1) is 23.3. The number of nitrogens with one attached hydrogen (secondary N) is 2. The van der Waals surface area contributed by atoms with Crippen molar-refractivity contribution in [2.75, 3.05) is 19.5 Å². The molecule has 168 valence electrons. The van der Waals surface area contributed by atoms with Crippen LogP contribution in [0.2, 0.25) is 0 Å². The number of anilines is 1. The molecule has 0 unspecified atom stereocenters. The lowest BCUT2D eigenvalue weighted by molar-refractivity contribution is -0.117. The van der Waals surface area contributed by atoms with Gasteiger partial charge in [-0.15, -0.1) is 0 Å². The normalized spacial score (nSPS) is 12.1. The van der Waals surface area contributed by atoms with E-state index in [0.29, 0.717) is 17.2 Å². The monoisotopic (exact) mass is 454 g/mol. The number of aryl methyl sites for hydroxylation is 1. The quantitative estimate of drug-likeness (QED) is 0.516. The first-order valence-electron chi connectivity index (χ1n) is 9.98. The molecule has 0 aliphatic carbocycles. The van der Waals surface area contributed by atoms with Crippen molar-refractivity contribution in [3.63, 3.8) is 0 Å². The fraction of sp³-hybridized carbons (Fsp3) is 0.208. The third-order valence-corrected chi connectivity index (χ3v) is 6.38. The van der Waals surface area contributed by atoms with Gasteiger partial charge in [0.25, 0.3) is 0 Å². The molecule has 0 spiro atoms. The molecule has 8 heteroatoms. The van der Waals surface area contributed by atoms with E-state index in [1.165, 1.54) is 26.4 Å². The van der Waals surface area contributed by atoms with Gasteiger partial charge in [0, 0.05) is 6.07 Å². The second kappa shape index (κ2) is 10.3. The number of carbonyl (C=O) groups is 1. The number of methoxy groups -OCH3 is 2. The Morgan fingerprint density at radius 3 is 2.25 bits per heavy atom. The molecule has 0 saturated carbocycles. The van der Waals surface area contributed by atoms with Gasteiger partial charge in [-0.05, 0) is 43.2 Å². The molecular formula is C24H26N2O5S. The lowest BCUT2D eigenvalue weighted by Crippen LogP contribution is -2.45. The summed E-state index contributed by atoms with van der Waals surface area (Å²) in [4.78, 5) is 13.3. The van der Waals surface area contributed by atoms with Crippen molar-refractivity contribution in [2.24, 2.45) is 0 Å². The highest BCUT2D eigenvalue weighted by Crippen LogP contribution is 2.29. The van der Waals surface area contributed by atoms with Crippen LogP contribution < -0.4 is 19.5 Å². The third-order valence-electron chi connectivity index (χ3n) is 4.89. The highest BCUT2D eigenvalue weighted by molar-refractivity contribution is 7.89. The molecule has 3 aromatic rings. The number of ether oxygens (including phenoxy) is 2. The van der Waals surface area contributed by atoms with Crippen LogP contribution in [0.4, 0.5) is 5.69 Å². The van der Waals surface area contributed by atoms with E-state index in [0.717, 1.165) is 11.1 Å². The van der Waals surface area contributed by atoms with Crippen molar-refractivity contribution in [2.45, 2.75) is 24.3 Å². The van der Waals surface area contributed by atoms with Crippen LogP contribution >= 0.6 is 0 Å². The summed E-state index contributed by atoms with van der Waals surface area (Å²) < 4.78 is 39.1. The van der Waals surface area contributed by atoms with Crippen molar-refractivity contribution in [3.05, 3.63) is 83.9 Å². The van der Waals surface area contributed by atoms with E-state index in [4.69, 9.17) is 9.47 Å². The Morgan fingerprint density at radius 1 is 0.938 bits per heavy atom. The van der Waals surface area contributed by atoms with Gasteiger partial charge in [-0.2, -0.15) is 4.72 Å². The molecular weight excluding hydrogens is 428 g/mol. The van der Waals surface area contributed by atoms with Crippen molar-refractivity contribution < 1.29 is 22.7 Å². The highest BCUT2D eigenvalue weighted by atomic mass is 32.2. The maximum absolute atomic E-state index is 13.2. The minimum Gasteiger partial charge on any atom is -0.497 e. The van der Waals surface area contributed by atoms with Crippen LogP contribution in [0.1, 0.15) is 11.1 Å². The summed E-state index contributed by atoms with van der Waals surface area (Å²) in [6, 6.07) is 19.6. The standard InChI is InChI=1S/C24H26N2O5S/c1-17-9-12-20(13-10-17)32(28,29)26-22(15-18-7-5-4-6-8-18)24(27)25-21-16-19(30-2)11-14-23(21)31-3/h4-14,16,22,26H,15H2,1-3H3,(H,25,27)/t22-/m0/s1. The zero-order valence-electron chi connectivity index (χ0n) is 18.2. The molecule has 0 radical (unpaired) electrons. The van der Waals surface area contributed by atoms with Crippen LogP contribution in [-0.4, -0.2) is 34.6 Å². The van der Waals surface area contributed by atoms with Crippen molar-refractivity contribution in [1.82, 2.24) is 4.72 Å². The molecule has 0 saturated heterocycles. The van der Waals surface area contributed by atoms with Gasteiger partial charge in [-0.25, -0.2) is 8.42 Å². The van der Waals surface area contributed by atoms with Gasteiger partial charge in [0.2, 0.25) is 15.9 Å². The lowest BCUT2D eigenvalue weighted by atomic mass is 10.1. The molecule has 0 heterocycles. The number of hydrogen-bond acceptors (Lipinski definition) is 5. The van der Waals surface area contributed by atoms with E-state index < -0.39 is 22.0 Å². The predicted octanol–water partition coefficient (Wildman–Crippen LogP) is 3.54. The van der Waals surface area contributed by atoms with Crippen LogP contribution in [0, 0.1) is 6.92 Å². The molecule has 0 fully saturated rings. The van der Waals surface area contributed by atoms with E-state index in [-0.39, 0.29) is 11.3 Å². The summed E-state index contributed by atoms with van der Waals surface area (Å²) in [5.74, 6) is 0.441. The fourth-order valence-corrected chi connectivity index (χ4v) is 4.34. The van der Waals surface area contributed by atoms with Crippen molar-refractivity contribution in [3.8, 4) is 11.5 Å². The van der Waals surface area contributed by atoms with Crippen LogP contribution in [0.15, 0.2) is 77.7 Å². The van der Waals surface area contributed by atoms with Crippen LogP contribution in [0.3, 0.4) is 0 Å². The molecule has 0 aliphatic rings. The smallest absolute Gasteiger partial charge is 0.243 e. The van der Waals surface area contributed by atoms with Gasteiger partial charge in [0.1, 0.15) is 17.5 Å². The van der Waals surface area contributed by atoms with E-state index in [2.05, 4.69) is 10.0 Å². The van der Waals surface area contributed by atoms with Gasteiger partial charge >= 0.3 is 0 Å². The molecule has 3 aromatic carbocycles. The summed E-state index contributed by atoms with van der Waals surface area (Å²) in [5, 5.41) is 2.77. The Hall–Kier alpha value is -3.36. The Bertz CT molecular complexity index is 1160. The fourth-order valence-electron chi connectivity index (χ4n) is 3.14. The third kappa shape index (κ3) is 5.87. The Morgan fingerprint density at radius 2 is 1.62 bits per heavy atom. The molecule has 7 nitrogen and oxygen atoms in total. The maximum atomic E-state index is 13.2. The molecule has 3 rings (SSSR count). The second-order valence-electron chi connectivity index (χ2n) is 7.23. The molecule has 1 amide bonds. The highest BCUT2D eigenvalue weighted by Gasteiger charge is 2.27. The van der Waals surface area contributed by atoms with Gasteiger partial charge in [0.15, 0.2) is 0 Å². The molecule has 2 N–H and O–H groups in total. The zero-order valence-corrected chi connectivity index (χ0v) is 19.0. The molecule has 1 atom stereocenters. The first-order valence-corrected chi connectivity index (χ1v) is 11.5. The zero-order chi connectivity index (χ0) is 23.1. The SMILES string of the molecule is COc1ccc(OC)c(NC(=O)[C@H](Cc2ccccc2)NS(=O)(=O)c2ccc(C)cc2)c1. The molecule has 0 bridgehead atoms. The van der Waals surface area contributed by atoms with Crippen molar-refractivity contribution >= 4 is 21.6 Å². The number of benzene rings is 3. The van der Waals surface area contributed by atoms with Crippen LogP contribution in [-0.2, 0) is 21.2 Å². The molecule has 0 aliphatic heterocycles. The largest absolute Gasteiger partial charge is 0.497 e. The predicted molar refractivity (Wildman–Crippen MR) is 124 cm³/mol. The topological polar surface area (TPSA) is 93.7 Å². The van der Waals surface area contributed by atoms with Crippen LogP contribution in [0.25, 0.3) is 0 Å². The number of carbonyl (C=O) groups excluding carboxylic acids is 1. The minimum atomic E-state index is -3.93. The Kier molecular flexibility index (Phi) is 7.50. The van der Waals surface area contributed by atoms with Gasteiger partial charge in [-0.3, -0.25) is 4.79 Å². The summed E-state index contributed by atoms with van der Waals surface area (Å²) in [6.45, 7) is 1.87. The van der Waals surface area contributed by atoms with E-state index >= 15 is 0 Å². The van der Waals surface area contributed by atoms with E-state index in [9.17, 15) is 13.2 Å². The molecule has 0 aromatic heterocycles. The Labute approximate surface area is 188 Å². The Balaban J connectivity index is 1.90. The van der Waals surface area contributed by atoms with E-state index in [1.807, 2.05) is 37.3 Å². The first-order chi connectivity index (χ1) is 15.3. The summed E-state index contributed by atoms with van der Waals surface area (Å²) >= 11 is 0. The number of amides is 1. The van der Waals surface area contributed by atoms with Crippen LogP contribution in [0.5, 0.6) is 11.5 Å². The van der Waals surface area contributed by atoms with Gasteiger partial charge < -0.3 is 14.8 Å².